The van der Waals surface area contributed by atoms with Gasteiger partial charge in [0, 0.05) is 10.5 Å². The van der Waals surface area contributed by atoms with Crippen molar-refractivity contribution >= 4 is 35.8 Å². The van der Waals surface area contributed by atoms with Gasteiger partial charge in [-0.15, -0.1) is 0 Å². The second-order valence-electron chi connectivity index (χ2n) is 5.60. The normalized spacial score (nSPS) is 20.7. The van der Waals surface area contributed by atoms with Crippen molar-refractivity contribution in [3.05, 3.63) is 22.2 Å². The van der Waals surface area contributed by atoms with Gasteiger partial charge < -0.3 is 14.0 Å². The van der Waals surface area contributed by atoms with Gasteiger partial charge in [0.15, 0.2) is 0 Å². The van der Waals surface area contributed by atoms with Gasteiger partial charge in [-0.25, -0.2) is 0 Å². The fourth-order valence-electron chi connectivity index (χ4n) is 1.85. The molecule has 0 aromatic heterocycles. The number of hydrogen-bond acceptors (Lipinski definition) is 3. The summed E-state index contributed by atoms with van der Waals surface area (Å²) in [7, 11) is 1.02. The first-order valence-electron chi connectivity index (χ1n) is 6.06. The molecule has 1 fully saturated rings. The predicted octanol–water partition coefficient (Wildman–Crippen LogP) is 3.30. The molecule has 0 bridgehead atoms. The summed E-state index contributed by atoms with van der Waals surface area (Å²) in [6, 6.07) is 3.40. The van der Waals surface area contributed by atoms with Gasteiger partial charge in [0.1, 0.15) is 5.75 Å². The molecular weight excluding hydrogens is 286 g/mol. The lowest BCUT2D eigenvalue weighted by atomic mass is 9.79. The zero-order valence-electron chi connectivity index (χ0n) is 11.7. The molecule has 1 aromatic rings. The average Bonchev–Trinajstić information content (AvgIpc) is 2.50. The Labute approximate surface area is 124 Å². The van der Waals surface area contributed by atoms with E-state index in [1.807, 2.05) is 27.7 Å². The number of ether oxygens (including phenoxy) is 1. The van der Waals surface area contributed by atoms with E-state index in [4.69, 9.17) is 37.2 Å². The summed E-state index contributed by atoms with van der Waals surface area (Å²) in [6.45, 7) is 7.97. The highest BCUT2D eigenvalue weighted by atomic mass is 35.5. The largest absolute Gasteiger partial charge is 0.496 e. The first-order valence-corrected chi connectivity index (χ1v) is 6.82. The summed E-state index contributed by atoms with van der Waals surface area (Å²) < 4.78 is 17.0. The second kappa shape index (κ2) is 4.85. The van der Waals surface area contributed by atoms with E-state index in [1.54, 1.807) is 19.2 Å². The van der Waals surface area contributed by atoms with E-state index in [2.05, 4.69) is 0 Å². The molecule has 104 valence electrons. The van der Waals surface area contributed by atoms with E-state index < -0.39 is 18.3 Å². The molecule has 1 aliphatic heterocycles. The molecule has 1 aromatic carbocycles. The smallest absolute Gasteiger partial charge is 0.495 e. The molecule has 0 N–H and O–H groups in total. The molecule has 0 atom stereocenters. The van der Waals surface area contributed by atoms with Gasteiger partial charge >= 0.3 is 7.12 Å². The molecule has 0 saturated carbocycles. The van der Waals surface area contributed by atoms with Crippen LogP contribution in [0.2, 0.25) is 10.0 Å². The molecule has 1 heterocycles. The Balaban J connectivity index is 2.37. The summed E-state index contributed by atoms with van der Waals surface area (Å²) in [6.07, 6.45) is 0. The highest BCUT2D eigenvalue weighted by Gasteiger charge is 2.52. The molecule has 6 heteroatoms. The summed E-state index contributed by atoms with van der Waals surface area (Å²) >= 11 is 12.4. The zero-order valence-corrected chi connectivity index (χ0v) is 13.2. The molecule has 0 unspecified atom stereocenters. The predicted molar refractivity (Wildman–Crippen MR) is 78.7 cm³/mol. The molecule has 1 saturated heterocycles. The molecule has 19 heavy (non-hydrogen) atoms. The standard InChI is InChI=1S/C13H17BCl2O3/c1-12(2)13(3,4)19-14(18-12)8-6-10(16)11(17-5)7-9(8)15/h6-7H,1-5H3. The van der Waals surface area contributed by atoms with Crippen molar-refractivity contribution in [1.82, 2.24) is 0 Å². The van der Waals surface area contributed by atoms with Crippen LogP contribution in [-0.4, -0.2) is 25.4 Å². The molecular formula is C13H17BCl2O3. The minimum Gasteiger partial charge on any atom is -0.495 e. The minimum atomic E-state index is -0.527. The maximum absolute atomic E-state index is 6.25. The summed E-state index contributed by atoms with van der Waals surface area (Å²) in [5.41, 5.74) is -0.105. The second-order valence-corrected chi connectivity index (χ2v) is 6.41. The lowest BCUT2D eigenvalue weighted by Crippen LogP contribution is -2.41. The minimum absolute atomic E-state index is 0.409. The van der Waals surface area contributed by atoms with Gasteiger partial charge in [-0.2, -0.15) is 0 Å². The van der Waals surface area contributed by atoms with E-state index in [-0.39, 0.29) is 0 Å². The number of hydrogen-bond donors (Lipinski definition) is 0. The molecule has 1 aliphatic rings. The van der Waals surface area contributed by atoms with Crippen molar-refractivity contribution in [3.8, 4) is 5.75 Å². The van der Waals surface area contributed by atoms with E-state index >= 15 is 0 Å². The Morgan fingerprint density at radius 3 is 2.00 bits per heavy atom. The van der Waals surface area contributed by atoms with Crippen LogP contribution in [0.15, 0.2) is 12.1 Å². The van der Waals surface area contributed by atoms with Crippen LogP contribution in [0.25, 0.3) is 0 Å². The van der Waals surface area contributed by atoms with Gasteiger partial charge in [0.05, 0.1) is 23.3 Å². The monoisotopic (exact) mass is 302 g/mol. The zero-order chi connectivity index (χ0) is 14.4. The lowest BCUT2D eigenvalue weighted by molar-refractivity contribution is 0.00578. The maximum Gasteiger partial charge on any atom is 0.496 e. The summed E-state index contributed by atoms with van der Waals surface area (Å²) in [5, 5.41) is 0.997. The van der Waals surface area contributed by atoms with Crippen molar-refractivity contribution in [2.45, 2.75) is 38.9 Å². The summed E-state index contributed by atoms with van der Waals surface area (Å²) in [4.78, 5) is 0. The lowest BCUT2D eigenvalue weighted by Gasteiger charge is -2.32. The third-order valence-corrected chi connectivity index (χ3v) is 4.40. The van der Waals surface area contributed by atoms with Crippen molar-refractivity contribution < 1.29 is 14.0 Å². The Bertz CT molecular complexity index is 487. The van der Waals surface area contributed by atoms with Crippen LogP contribution in [0.4, 0.5) is 0 Å². The third-order valence-electron chi connectivity index (χ3n) is 3.78. The van der Waals surface area contributed by atoms with E-state index in [9.17, 15) is 0 Å². The van der Waals surface area contributed by atoms with Crippen LogP contribution < -0.4 is 10.2 Å². The van der Waals surface area contributed by atoms with Gasteiger partial charge in [0.25, 0.3) is 0 Å². The van der Waals surface area contributed by atoms with Crippen molar-refractivity contribution in [2.75, 3.05) is 7.11 Å². The Kier molecular flexibility index (Phi) is 3.82. The third kappa shape index (κ3) is 2.59. The van der Waals surface area contributed by atoms with Crippen molar-refractivity contribution in [2.24, 2.45) is 0 Å². The van der Waals surface area contributed by atoms with E-state index in [1.165, 1.54) is 0 Å². The number of rotatable bonds is 2. The van der Waals surface area contributed by atoms with E-state index in [0.29, 0.717) is 21.3 Å². The maximum atomic E-state index is 6.25. The van der Waals surface area contributed by atoms with Crippen LogP contribution in [0.5, 0.6) is 5.75 Å². The molecule has 0 aliphatic carbocycles. The van der Waals surface area contributed by atoms with Crippen molar-refractivity contribution in [1.29, 1.82) is 0 Å². The molecule has 3 nitrogen and oxygen atoms in total. The molecule has 0 spiro atoms. The van der Waals surface area contributed by atoms with Gasteiger partial charge in [-0.1, -0.05) is 23.2 Å². The van der Waals surface area contributed by atoms with Crippen LogP contribution in [0, 0.1) is 0 Å². The number of benzene rings is 1. The fourth-order valence-corrected chi connectivity index (χ4v) is 2.34. The average molecular weight is 303 g/mol. The number of halogens is 2. The van der Waals surface area contributed by atoms with Gasteiger partial charge in [-0.05, 0) is 39.8 Å². The topological polar surface area (TPSA) is 27.7 Å². The van der Waals surface area contributed by atoms with Crippen LogP contribution >= 0.6 is 23.2 Å². The van der Waals surface area contributed by atoms with Crippen LogP contribution in [-0.2, 0) is 9.31 Å². The Hall–Kier alpha value is -0.415. The molecule has 0 amide bonds. The SMILES string of the molecule is COc1cc(Cl)c(B2OC(C)(C)C(C)(C)O2)cc1Cl. The first-order chi connectivity index (χ1) is 8.68. The fraction of sp³-hybridized carbons (Fsp3) is 0.538. The highest BCUT2D eigenvalue weighted by molar-refractivity contribution is 6.66. The quantitative estimate of drug-likeness (QED) is 0.785. The first kappa shape index (κ1) is 15.0. The van der Waals surface area contributed by atoms with Crippen LogP contribution in [0.3, 0.4) is 0 Å². The van der Waals surface area contributed by atoms with Gasteiger partial charge in [0.2, 0.25) is 0 Å². The Morgan fingerprint density at radius 2 is 1.53 bits per heavy atom. The molecule has 2 rings (SSSR count). The molecule has 0 radical (unpaired) electrons. The van der Waals surface area contributed by atoms with Crippen LogP contribution in [0.1, 0.15) is 27.7 Å². The number of methoxy groups -OCH3 is 1. The Morgan fingerprint density at radius 1 is 1.00 bits per heavy atom. The highest BCUT2D eigenvalue weighted by Crippen LogP contribution is 2.37. The van der Waals surface area contributed by atoms with Gasteiger partial charge in [-0.3, -0.25) is 0 Å². The van der Waals surface area contributed by atoms with Crippen molar-refractivity contribution in [3.63, 3.8) is 0 Å². The summed E-state index contributed by atoms with van der Waals surface area (Å²) in [5.74, 6) is 0.534. The van der Waals surface area contributed by atoms with E-state index in [0.717, 1.165) is 0 Å².